The number of ether oxygens (including phenoxy) is 1. The van der Waals surface area contributed by atoms with Crippen molar-refractivity contribution >= 4 is 12.0 Å². The molecule has 0 radical (unpaired) electrons. The van der Waals surface area contributed by atoms with Crippen LogP contribution < -0.4 is 15.0 Å². The number of urea groups is 1. The molecule has 3 heterocycles. The van der Waals surface area contributed by atoms with E-state index in [9.17, 15) is 18.0 Å². The van der Waals surface area contributed by atoms with Gasteiger partial charge >= 0.3 is 12.2 Å². The number of methoxy groups -OCH3 is 1. The van der Waals surface area contributed by atoms with Gasteiger partial charge in [0, 0.05) is 63.2 Å². The summed E-state index contributed by atoms with van der Waals surface area (Å²) in [5.74, 6) is 1.11. The van der Waals surface area contributed by atoms with E-state index in [-0.39, 0.29) is 30.1 Å². The Balaban J connectivity index is 1.08. The minimum Gasteiger partial charge on any atom is -0.497 e. The van der Waals surface area contributed by atoms with Gasteiger partial charge in [0.05, 0.1) is 12.7 Å². The van der Waals surface area contributed by atoms with Crippen LogP contribution in [0.1, 0.15) is 37.8 Å². The summed E-state index contributed by atoms with van der Waals surface area (Å²) in [6.07, 6.45) is -0.881. The second-order valence-corrected chi connectivity index (χ2v) is 10.8. The Labute approximate surface area is 214 Å². The van der Waals surface area contributed by atoms with Crippen molar-refractivity contribution in [1.29, 1.82) is 0 Å². The van der Waals surface area contributed by atoms with E-state index in [0.717, 1.165) is 50.6 Å². The van der Waals surface area contributed by atoms with Crippen LogP contribution in [0.5, 0.6) is 5.75 Å². The fourth-order valence-corrected chi connectivity index (χ4v) is 6.12. The third-order valence-electron chi connectivity index (χ3n) is 7.77. The number of likely N-dealkylation sites (tertiary alicyclic amines) is 1. The average Bonchev–Trinajstić information content (AvgIpc) is 2.81. The number of carbonyl (C=O) groups is 1. The molecule has 5 rings (SSSR count). The Hall–Kier alpha value is -3.08. The number of amides is 2. The van der Waals surface area contributed by atoms with E-state index in [2.05, 4.69) is 32.3 Å². The molecular weight excluding hydrogens is 485 g/mol. The zero-order chi connectivity index (χ0) is 26.4. The molecule has 0 unspecified atom stereocenters. The second-order valence-electron chi connectivity index (χ2n) is 10.8. The first-order valence-electron chi connectivity index (χ1n) is 12.6. The lowest BCUT2D eigenvalue weighted by molar-refractivity contribution is -0.138. The van der Waals surface area contributed by atoms with Gasteiger partial charge in [-0.1, -0.05) is 12.1 Å². The fraction of sp³-hybridized carbons (Fsp3) is 0.577. The van der Waals surface area contributed by atoms with E-state index >= 15 is 0 Å². The van der Waals surface area contributed by atoms with Crippen molar-refractivity contribution in [3.05, 3.63) is 47.8 Å². The van der Waals surface area contributed by atoms with Gasteiger partial charge in [-0.05, 0) is 49.8 Å². The van der Waals surface area contributed by atoms with Crippen LogP contribution in [0, 0.1) is 5.41 Å². The number of nitrogens with one attached hydrogen (secondary N) is 1. The number of piperazine rings is 1. The Morgan fingerprint density at radius 3 is 2.22 bits per heavy atom. The summed E-state index contributed by atoms with van der Waals surface area (Å²) in [7, 11) is 1.67. The molecule has 3 aliphatic rings. The molecule has 1 saturated carbocycles. The fourth-order valence-electron chi connectivity index (χ4n) is 6.12. The minimum absolute atomic E-state index is 0.0812. The van der Waals surface area contributed by atoms with Crippen LogP contribution in [-0.2, 0) is 12.7 Å². The van der Waals surface area contributed by atoms with Gasteiger partial charge in [-0.3, -0.25) is 4.90 Å². The number of benzene rings is 1. The van der Waals surface area contributed by atoms with Crippen molar-refractivity contribution in [3.63, 3.8) is 0 Å². The summed E-state index contributed by atoms with van der Waals surface area (Å²) in [6.45, 7) is 7.81. The molecule has 2 aromatic rings. The highest BCUT2D eigenvalue weighted by Gasteiger charge is 2.52. The van der Waals surface area contributed by atoms with Crippen molar-refractivity contribution in [2.45, 2.75) is 57.5 Å². The van der Waals surface area contributed by atoms with Crippen molar-refractivity contribution in [2.24, 2.45) is 5.41 Å². The van der Waals surface area contributed by atoms with E-state index in [0.29, 0.717) is 18.5 Å². The van der Waals surface area contributed by atoms with Crippen molar-refractivity contribution < 1.29 is 22.7 Å². The number of carbonyl (C=O) groups excluding carboxylic acids is 1. The second kappa shape index (κ2) is 9.66. The quantitative estimate of drug-likeness (QED) is 0.650. The Bertz CT molecular complexity index is 1080. The van der Waals surface area contributed by atoms with Crippen molar-refractivity contribution in [3.8, 4) is 5.75 Å². The van der Waals surface area contributed by atoms with Gasteiger partial charge in [-0.2, -0.15) is 13.2 Å². The van der Waals surface area contributed by atoms with Crippen molar-refractivity contribution in [1.82, 2.24) is 25.1 Å². The predicted octanol–water partition coefficient (Wildman–Crippen LogP) is 3.78. The highest BCUT2D eigenvalue weighted by Crippen LogP contribution is 2.48. The SMILES string of the molecule is COc1ccc(CN2CC3(CC(NC(=O)N4[C@H](C)CN(c5ncc(C(F)(F)F)cn5)C[C@@H]4C)C3)C2)cc1. The molecule has 2 aliphatic heterocycles. The highest BCUT2D eigenvalue weighted by molar-refractivity contribution is 5.76. The molecule has 1 aromatic heterocycles. The number of alkyl halides is 3. The Morgan fingerprint density at radius 2 is 1.68 bits per heavy atom. The maximum atomic E-state index is 13.1. The number of halogens is 3. The van der Waals surface area contributed by atoms with Crippen LogP contribution in [0.15, 0.2) is 36.7 Å². The van der Waals surface area contributed by atoms with E-state index in [4.69, 9.17) is 4.74 Å². The summed E-state index contributed by atoms with van der Waals surface area (Å²) in [5, 5.41) is 3.21. The lowest BCUT2D eigenvalue weighted by Crippen LogP contribution is -2.68. The molecule has 3 fully saturated rings. The van der Waals surface area contributed by atoms with Gasteiger partial charge in [0.1, 0.15) is 5.75 Å². The highest BCUT2D eigenvalue weighted by atomic mass is 19.4. The summed E-state index contributed by atoms with van der Waals surface area (Å²) in [4.78, 5) is 27.1. The van der Waals surface area contributed by atoms with Gasteiger partial charge in [0.2, 0.25) is 5.95 Å². The number of rotatable bonds is 5. The largest absolute Gasteiger partial charge is 0.497 e. The normalized spacial score (nSPS) is 23.9. The van der Waals surface area contributed by atoms with Crippen molar-refractivity contribution in [2.75, 3.05) is 38.2 Å². The number of anilines is 1. The monoisotopic (exact) mass is 518 g/mol. The topological polar surface area (TPSA) is 73.8 Å². The van der Waals surface area contributed by atoms with Gasteiger partial charge in [-0.15, -0.1) is 0 Å². The van der Waals surface area contributed by atoms with Crippen LogP contribution in [0.4, 0.5) is 23.9 Å². The molecule has 11 heteroatoms. The molecule has 2 saturated heterocycles. The Kier molecular flexibility index (Phi) is 6.68. The average molecular weight is 519 g/mol. The summed E-state index contributed by atoms with van der Waals surface area (Å²) in [5.41, 5.74) is 0.702. The molecule has 2 atom stereocenters. The first-order chi connectivity index (χ1) is 17.5. The lowest BCUT2D eigenvalue weighted by Gasteiger charge is -2.59. The molecule has 8 nitrogen and oxygen atoms in total. The molecule has 1 spiro atoms. The van der Waals surface area contributed by atoms with E-state index < -0.39 is 11.7 Å². The number of hydrogen-bond donors (Lipinski definition) is 1. The molecule has 1 N–H and O–H groups in total. The van der Waals surface area contributed by atoms with Crippen LogP contribution in [0.3, 0.4) is 0 Å². The number of hydrogen-bond acceptors (Lipinski definition) is 6. The Morgan fingerprint density at radius 1 is 1.08 bits per heavy atom. The third kappa shape index (κ3) is 5.32. The zero-order valence-corrected chi connectivity index (χ0v) is 21.3. The van der Waals surface area contributed by atoms with Crippen LogP contribution in [-0.4, -0.2) is 77.2 Å². The minimum atomic E-state index is -4.47. The van der Waals surface area contributed by atoms with Gasteiger partial charge in [0.15, 0.2) is 0 Å². The summed E-state index contributed by atoms with van der Waals surface area (Å²) in [6, 6.07) is 7.99. The molecule has 1 aromatic carbocycles. The third-order valence-corrected chi connectivity index (χ3v) is 7.77. The molecule has 0 bridgehead atoms. The van der Waals surface area contributed by atoms with Crippen LogP contribution >= 0.6 is 0 Å². The smallest absolute Gasteiger partial charge is 0.419 e. The van der Waals surface area contributed by atoms with Gasteiger partial charge < -0.3 is 19.9 Å². The standard InChI is InChI=1S/C26H33F3N6O2/c1-17-12-34(23-30-10-20(11-31-23)26(27,28)29)13-18(2)35(17)24(36)32-21-8-25(9-21)15-33(16-25)14-19-4-6-22(37-3)7-5-19/h4-7,10-11,17-18,21H,8-9,12-16H2,1-3H3,(H,32,36)/t17-,18+. The molecular formula is C26H33F3N6O2. The van der Waals surface area contributed by atoms with E-state index in [1.807, 2.05) is 35.8 Å². The first-order valence-corrected chi connectivity index (χ1v) is 12.6. The van der Waals surface area contributed by atoms with E-state index in [1.54, 1.807) is 7.11 Å². The first kappa shape index (κ1) is 25.6. The van der Waals surface area contributed by atoms with Gasteiger partial charge in [0.25, 0.3) is 0 Å². The predicted molar refractivity (Wildman–Crippen MR) is 132 cm³/mol. The summed E-state index contributed by atoms with van der Waals surface area (Å²) < 4.78 is 43.7. The van der Waals surface area contributed by atoms with Gasteiger partial charge in [-0.25, -0.2) is 14.8 Å². The molecule has 1 aliphatic carbocycles. The summed E-state index contributed by atoms with van der Waals surface area (Å²) >= 11 is 0. The molecule has 37 heavy (non-hydrogen) atoms. The molecule has 200 valence electrons. The van der Waals surface area contributed by atoms with Crippen LogP contribution in [0.25, 0.3) is 0 Å². The zero-order valence-electron chi connectivity index (χ0n) is 21.3. The maximum absolute atomic E-state index is 13.1. The van der Waals surface area contributed by atoms with Crippen LogP contribution in [0.2, 0.25) is 0 Å². The maximum Gasteiger partial charge on any atom is 0.419 e. The molecule has 2 amide bonds. The van der Waals surface area contributed by atoms with E-state index in [1.165, 1.54) is 5.56 Å². The number of aromatic nitrogens is 2. The number of nitrogens with zero attached hydrogens (tertiary/aromatic N) is 5. The lowest BCUT2D eigenvalue weighted by atomic mass is 9.60.